The van der Waals surface area contributed by atoms with Gasteiger partial charge in [0.15, 0.2) is 0 Å². The Bertz CT molecular complexity index is 667. The topological polar surface area (TPSA) is 136 Å². The summed E-state index contributed by atoms with van der Waals surface area (Å²) in [5.74, 6) is -0.623. The summed E-state index contributed by atoms with van der Waals surface area (Å²) in [6.45, 7) is 11.4. The van der Waals surface area contributed by atoms with Crippen LogP contribution in [0.5, 0.6) is 0 Å². The number of hydrogen-bond acceptors (Lipinski definition) is 10. The summed E-state index contributed by atoms with van der Waals surface area (Å²) < 4.78 is 21.0. The molecule has 0 spiro atoms. The molecule has 12 heteroatoms. The Kier molecular flexibility index (Phi) is 23.5. The monoisotopic (exact) mass is 588 g/mol. The van der Waals surface area contributed by atoms with Crippen molar-refractivity contribution in [1.29, 1.82) is 0 Å². The van der Waals surface area contributed by atoms with Crippen LogP contribution in [0.1, 0.15) is 85.5 Å². The van der Waals surface area contributed by atoms with Gasteiger partial charge in [-0.25, -0.2) is 9.59 Å². The van der Waals surface area contributed by atoms with Crippen LogP contribution in [-0.4, -0.2) is 113 Å². The Morgan fingerprint density at radius 2 is 1.02 bits per heavy atom. The Labute approximate surface area is 247 Å². The molecule has 41 heavy (non-hydrogen) atoms. The number of carbonyl (C=O) groups excluding carboxylic acids is 4. The Morgan fingerprint density at radius 1 is 0.634 bits per heavy atom. The number of nitrogens with zero attached hydrogens (tertiary/aromatic N) is 2. The van der Waals surface area contributed by atoms with E-state index in [1.807, 2.05) is 41.8 Å². The number of carbonyl (C=O) groups is 4. The molecular formula is C29H56N4O8. The van der Waals surface area contributed by atoms with Crippen LogP contribution in [0.4, 0.5) is 9.59 Å². The van der Waals surface area contributed by atoms with Crippen molar-refractivity contribution in [2.75, 3.05) is 66.6 Å². The second-order valence-electron chi connectivity index (χ2n) is 10.2. The fraction of sp³-hybridized carbons (Fsp3) is 0.862. The average molecular weight is 589 g/mol. The maximum atomic E-state index is 12.0. The molecule has 0 aromatic rings. The second-order valence-corrected chi connectivity index (χ2v) is 10.2. The van der Waals surface area contributed by atoms with Gasteiger partial charge in [0.05, 0.1) is 25.9 Å². The van der Waals surface area contributed by atoms with Crippen LogP contribution in [-0.2, 0) is 28.5 Å². The largest absolute Gasteiger partial charge is 0.464 e. The van der Waals surface area contributed by atoms with Gasteiger partial charge in [-0.2, -0.15) is 0 Å². The maximum absolute atomic E-state index is 12.0. The van der Waals surface area contributed by atoms with E-state index in [1.165, 1.54) is 0 Å². The van der Waals surface area contributed by atoms with Gasteiger partial charge in [-0.05, 0) is 59.3 Å². The number of ether oxygens (including phenoxy) is 4. The number of esters is 2. The molecule has 2 atom stereocenters. The normalized spacial score (nSPS) is 12.5. The van der Waals surface area contributed by atoms with Gasteiger partial charge in [-0.3, -0.25) is 9.59 Å². The standard InChI is InChI=1S/C29H56N4O8/c1-7-12-24(9-3)40-28(36)30-16-22-38-26(34)14-20-32(5)18-11-19-33(6)21-15-27(35)39-23-17-31-29(37)41-25(10-4)13-8-2/h24-25H,7-23H2,1-6H3,(H,30,36)(H,31,37). The van der Waals surface area contributed by atoms with Crippen molar-refractivity contribution < 1.29 is 38.1 Å². The number of nitrogens with one attached hydrogen (secondary N) is 2. The summed E-state index contributed by atoms with van der Waals surface area (Å²) in [7, 11) is 3.89. The first-order valence-electron chi connectivity index (χ1n) is 15.2. The highest BCUT2D eigenvalue weighted by molar-refractivity contribution is 5.70. The minimum absolute atomic E-state index is 0.0870. The Morgan fingerprint density at radius 3 is 1.37 bits per heavy atom. The van der Waals surface area contributed by atoms with Crippen molar-refractivity contribution in [2.45, 2.75) is 97.7 Å². The van der Waals surface area contributed by atoms with Gasteiger partial charge in [-0.1, -0.05) is 40.5 Å². The maximum Gasteiger partial charge on any atom is 0.407 e. The van der Waals surface area contributed by atoms with Gasteiger partial charge in [0.25, 0.3) is 0 Å². The quantitative estimate of drug-likeness (QED) is 0.0976. The first-order chi connectivity index (χ1) is 19.6. The van der Waals surface area contributed by atoms with Crippen molar-refractivity contribution in [3.63, 3.8) is 0 Å². The van der Waals surface area contributed by atoms with Crippen LogP contribution >= 0.6 is 0 Å². The summed E-state index contributed by atoms with van der Waals surface area (Å²) in [6, 6.07) is 0. The van der Waals surface area contributed by atoms with Gasteiger partial charge < -0.3 is 39.4 Å². The molecule has 0 radical (unpaired) electrons. The fourth-order valence-corrected chi connectivity index (χ4v) is 3.90. The van der Waals surface area contributed by atoms with Gasteiger partial charge in [0.2, 0.25) is 0 Å². The minimum atomic E-state index is -0.484. The summed E-state index contributed by atoms with van der Waals surface area (Å²) in [5.41, 5.74) is 0. The molecule has 0 rings (SSSR count). The van der Waals surface area contributed by atoms with E-state index < -0.39 is 12.2 Å². The molecule has 0 aliphatic heterocycles. The average Bonchev–Trinajstić information content (AvgIpc) is 2.94. The van der Waals surface area contributed by atoms with Crippen LogP contribution in [0.15, 0.2) is 0 Å². The van der Waals surface area contributed by atoms with Crippen molar-refractivity contribution in [3.8, 4) is 0 Å². The van der Waals surface area contributed by atoms with E-state index in [9.17, 15) is 19.2 Å². The van der Waals surface area contributed by atoms with E-state index in [0.29, 0.717) is 13.1 Å². The number of rotatable bonds is 24. The molecule has 0 aromatic carbocycles. The zero-order valence-electron chi connectivity index (χ0n) is 26.3. The van der Waals surface area contributed by atoms with E-state index in [1.54, 1.807) is 0 Å². The lowest BCUT2D eigenvalue weighted by Crippen LogP contribution is -2.32. The third-order valence-corrected chi connectivity index (χ3v) is 6.42. The molecule has 0 aromatic heterocycles. The zero-order valence-corrected chi connectivity index (χ0v) is 26.3. The molecule has 12 nitrogen and oxygen atoms in total. The van der Waals surface area contributed by atoms with Gasteiger partial charge in [-0.15, -0.1) is 0 Å². The molecule has 2 unspecified atom stereocenters. The van der Waals surface area contributed by atoms with Crippen molar-refractivity contribution >= 4 is 24.1 Å². The predicted molar refractivity (Wildman–Crippen MR) is 158 cm³/mol. The fourth-order valence-electron chi connectivity index (χ4n) is 3.90. The Balaban J connectivity index is 3.81. The second kappa shape index (κ2) is 25.1. The van der Waals surface area contributed by atoms with Gasteiger partial charge in [0.1, 0.15) is 25.4 Å². The molecule has 0 aliphatic rings. The van der Waals surface area contributed by atoms with Gasteiger partial charge >= 0.3 is 24.1 Å². The van der Waals surface area contributed by atoms with Crippen molar-refractivity contribution in [2.24, 2.45) is 0 Å². The molecule has 0 saturated heterocycles. The SMILES string of the molecule is CCCC(CC)OC(=O)NCCOC(=O)CCN(C)CCCN(C)CCC(=O)OCCNC(=O)OC(CC)CCC. The van der Waals surface area contributed by atoms with Crippen LogP contribution in [0.25, 0.3) is 0 Å². The van der Waals surface area contributed by atoms with Crippen molar-refractivity contribution in [1.82, 2.24) is 20.4 Å². The van der Waals surface area contributed by atoms with E-state index in [2.05, 4.69) is 20.4 Å². The van der Waals surface area contributed by atoms with Gasteiger partial charge in [0, 0.05) is 13.1 Å². The zero-order chi connectivity index (χ0) is 30.9. The van der Waals surface area contributed by atoms with E-state index in [4.69, 9.17) is 18.9 Å². The van der Waals surface area contributed by atoms with E-state index >= 15 is 0 Å². The molecule has 2 N–H and O–H groups in total. The highest BCUT2D eigenvalue weighted by Gasteiger charge is 2.13. The highest BCUT2D eigenvalue weighted by atomic mass is 16.6. The molecule has 0 bridgehead atoms. The summed E-state index contributed by atoms with van der Waals surface area (Å²) in [4.78, 5) is 51.6. The van der Waals surface area contributed by atoms with Crippen LogP contribution in [0, 0.1) is 0 Å². The first kappa shape index (κ1) is 38.4. The molecule has 0 fully saturated rings. The molecular weight excluding hydrogens is 532 g/mol. The smallest absolute Gasteiger partial charge is 0.407 e. The lowest BCUT2D eigenvalue weighted by atomic mass is 10.2. The molecule has 0 aliphatic carbocycles. The number of alkyl carbamates (subject to hydrolysis) is 2. The number of hydrogen-bond donors (Lipinski definition) is 2. The predicted octanol–water partition coefficient (Wildman–Crippen LogP) is 3.72. The van der Waals surface area contributed by atoms with Crippen molar-refractivity contribution in [3.05, 3.63) is 0 Å². The summed E-state index contributed by atoms with van der Waals surface area (Å²) >= 11 is 0. The molecule has 0 heterocycles. The third-order valence-electron chi connectivity index (χ3n) is 6.42. The lowest BCUT2D eigenvalue weighted by Gasteiger charge is -2.20. The lowest BCUT2D eigenvalue weighted by molar-refractivity contribution is -0.144. The minimum Gasteiger partial charge on any atom is -0.464 e. The van der Waals surface area contributed by atoms with Crippen LogP contribution in [0.3, 0.4) is 0 Å². The van der Waals surface area contributed by atoms with Crippen LogP contribution in [0.2, 0.25) is 0 Å². The third kappa shape index (κ3) is 22.7. The summed E-state index contributed by atoms with van der Waals surface area (Å²) in [6.07, 6.45) is 5.37. The molecule has 0 saturated carbocycles. The van der Waals surface area contributed by atoms with E-state index in [-0.39, 0.29) is 63.3 Å². The molecule has 2 amide bonds. The highest BCUT2D eigenvalue weighted by Crippen LogP contribution is 2.07. The van der Waals surface area contributed by atoms with E-state index in [0.717, 1.165) is 58.0 Å². The summed E-state index contributed by atoms with van der Waals surface area (Å²) in [5, 5.41) is 5.21. The van der Waals surface area contributed by atoms with Crippen LogP contribution < -0.4 is 10.6 Å². The molecule has 240 valence electrons. The Hall–Kier alpha value is -2.60. The number of amides is 2. The first-order valence-corrected chi connectivity index (χ1v) is 15.2.